The summed E-state index contributed by atoms with van der Waals surface area (Å²) in [6, 6.07) is 14.2. The maximum Gasteiger partial charge on any atom is 0.0769 e. The van der Waals surface area contributed by atoms with Crippen molar-refractivity contribution in [1.82, 2.24) is 20.5 Å². The van der Waals surface area contributed by atoms with Crippen LogP contribution in [0.4, 0.5) is 0 Å². The molecule has 19 heavy (non-hydrogen) atoms. The van der Waals surface area contributed by atoms with Crippen LogP contribution in [0.25, 0.3) is 10.9 Å². The molecule has 3 rings (SSSR count). The van der Waals surface area contributed by atoms with Crippen molar-refractivity contribution >= 4 is 10.9 Å². The molecule has 0 aliphatic carbocycles. The molecule has 4 nitrogen and oxygen atoms in total. The first-order chi connectivity index (χ1) is 9.42. The fourth-order valence-electron chi connectivity index (χ4n) is 2.00. The molecule has 0 spiro atoms. The number of fused-ring (bicyclic) bond motifs is 1. The van der Waals surface area contributed by atoms with E-state index in [1.165, 1.54) is 10.9 Å². The highest BCUT2D eigenvalue weighted by Gasteiger charge is 1.98. The normalized spacial score (nSPS) is 10.7. The van der Waals surface area contributed by atoms with Gasteiger partial charge >= 0.3 is 0 Å². The molecule has 1 aromatic carbocycles. The molecule has 94 valence electrons. The number of hydrogen-bond acceptors (Lipinski definition) is 4. The quantitative estimate of drug-likeness (QED) is 0.772. The summed E-state index contributed by atoms with van der Waals surface area (Å²) in [5, 5.41) is 12.4. The molecule has 0 aliphatic heterocycles. The van der Waals surface area contributed by atoms with Gasteiger partial charge in [0.1, 0.15) is 0 Å². The first kappa shape index (κ1) is 11.7. The van der Waals surface area contributed by atoms with E-state index >= 15 is 0 Å². The number of nitrogens with one attached hydrogen (secondary N) is 1. The first-order valence-electron chi connectivity index (χ1n) is 6.23. The summed E-state index contributed by atoms with van der Waals surface area (Å²) in [7, 11) is 0. The standard InChI is InChI=1S/C15H14N4/c1-3-13-9-12(5-6-15(13)17-7-1)10-16-11-14-4-2-8-18-19-14/h1-9,16H,10-11H2. The topological polar surface area (TPSA) is 50.7 Å². The van der Waals surface area contributed by atoms with Gasteiger partial charge < -0.3 is 5.32 Å². The van der Waals surface area contributed by atoms with E-state index < -0.39 is 0 Å². The van der Waals surface area contributed by atoms with Crippen molar-refractivity contribution in [3.8, 4) is 0 Å². The lowest BCUT2D eigenvalue weighted by Crippen LogP contribution is -2.13. The summed E-state index contributed by atoms with van der Waals surface area (Å²) >= 11 is 0. The van der Waals surface area contributed by atoms with Crippen LogP contribution in [0.1, 0.15) is 11.3 Å². The van der Waals surface area contributed by atoms with Gasteiger partial charge in [0, 0.05) is 30.9 Å². The fraction of sp³-hybridized carbons (Fsp3) is 0.133. The Morgan fingerprint density at radius 1 is 0.947 bits per heavy atom. The minimum atomic E-state index is 0.721. The van der Waals surface area contributed by atoms with Crippen LogP contribution >= 0.6 is 0 Å². The van der Waals surface area contributed by atoms with E-state index in [1.54, 1.807) is 6.20 Å². The van der Waals surface area contributed by atoms with Crippen LogP contribution in [0.2, 0.25) is 0 Å². The average molecular weight is 250 g/mol. The predicted octanol–water partition coefficient (Wildman–Crippen LogP) is 2.31. The highest BCUT2D eigenvalue weighted by molar-refractivity contribution is 5.78. The Kier molecular flexibility index (Phi) is 3.42. The molecule has 0 aliphatic rings. The Labute approximate surface area is 111 Å². The largest absolute Gasteiger partial charge is 0.307 e. The van der Waals surface area contributed by atoms with Crippen LogP contribution in [-0.4, -0.2) is 15.2 Å². The van der Waals surface area contributed by atoms with Gasteiger partial charge in [-0.25, -0.2) is 0 Å². The van der Waals surface area contributed by atoms with E-state index in [-0.39, 0.29) is 0 Å². The number of aromatic nitrogens is 3. The Bertz CT molecular complexity index is 667. The summed E-state index contributed by atoms with van der Waals surface area (Å²) in [4.78, 5) is 4.31. The number of benzene rings is 1. The van der Waals surface area contributed by atoms with Gasteiger partial charge in [0.2, 0.25) is 0 Å². The predicted molar refractivity (Wildman–Crippen MR) is 74.3 cm³/mol. The van der Waals surface area contributed by atoms with Gasteiger partial charge in [0.05, 0.1) is 11.2 Å². The third-order valence-electron chi connectivity index (χ3n) is 2.93. The number of nitrogens with zero attached hydrogens (tertiary/aromatic N) is 3. The van der Waals surface area contributed by atoms with Crippen LogP contribution in [0.15, 0.2) is 54.9 Å². The van der Waals surface area contributed by atoms with Crippen LogP contribution in [0.3, 0.4) is 0 Å². The van der Waals surface area contributed by atoms with Crippen LogP contribution < -0.4 is 5.32 Å². The first-order valence-corrected chi connectivity index (χ1v) is 6.23. The van der Waals surface area contributed by atoms with Crippen molar-refractivity contribution in [3.63, 3.8) is 0 Å². The van der Waals surface area contributed by atoms with Crippen molar-refractivity contribution in [2.24, 2.45) is 0 Å². The lowest BCUT2D eigenvalue weighted by atomic mass is 10.1. The monoisotopic (exact) mass is 250 g/mol. The minimum absolute atomic E-state index is 0.721. The van der Waals surface area contributed by atoms with Gasteiger partial charge in [-0.15, -0.1) is 0 Å². The van der Waals surface area contributed by atoms with E-state index in [2.05, 4.69) is 44.8 Å². The summed E-state index contributed by atoms with van der Waals surface area (Å²) in [6.45, 7) is 1.53. The Balaban J connectivity index is 1.65. The van der Waals surface area contributed by atoms with Gasteiger partial charge in [-0.3, -0.25) is 4.98 Å². The molecule has 0 amide bonds. The molecule has 0 saturated carbocycles. The zero-order valence-electron chi connectivity index (χ0n) is 10.5. The maximum atomic E-state index is 4.31. The molecule has 0 radical (unpaired) electrons. The summed E-state index contributed by atoms with van der Waals surface area (Å²) < 4.78 is 0. The third-order valence-corrected chi connectivity index (χ3v) is 2.93. The Morgan fingerprint density at radius 2 is 1.89 bits per heavy atom. The zero-order valence-corrected chi connectivity index (χ0v) is 10.5. The summed E-state index contributed by atoms with van der Waals surface area (Å²) in [5.74, 6) is 0. The van der Waals surface area contributed by atoms with Crippen LogP contribution in [0.5, 0.6) is 0 Å². The van der Waals surface area contributed by atoms with Crippen molar-refractivity contribution in [1.29, 1.82) is 0 Å². The van der Waals surface area contributed by atoms with Gasteiger partial charge in [-0.05, 0) is 35.9 Å². The van der Waals surface area contributed by atoms with Crippen molar-refractivity contribution in [2.75, 3.05) is 0 Å². The lowest BCUT2D eigenvalue weighted by molar-refractivity contribution is 0.670. The number of hydrogen-bond donors (Lipinski definition) is 1. The highest BCUT2D eigenvalue weighted by atomic mass is 15.1. The van der Waals surface area contributed by atoms with Crippen molar-refractivity contribution < 1.29 is 0 Å². The molecule has 1 N–H and O–H groups in total. The third kappa shape index (κ3) is 2.92. The van der Waals surface area contributed by atoms with Gasteiger partial charge in [0.15, 0.2) is 0 Å². The summed E-state index contributed by atoms with van der Waals surface area (Å²) in [5.41, 5.74) is 3.22. The fourth-order valence-corrected chi connectivity index (χ4v) is 2.00. The molecule has 2 aromatic heterocycles. The molecular formula is C15H14N4. The number of pyridine rings is 1. The molecule has 0 unspecified atom stereocenters. The molecule has 2 heterocycles. The Morgan fingerprint density at radius 3 is 2.79 bits per heavy atom. The van der Waals surface area contributed by atoms with Crippen molar-refractivity contribution in [2.45, 2.75) is 13.1 Å². The lowest BCUT2D eigenvalue weighted by Gasteiger charge is -2.05. The van der Waals surface area contributed by atoms with Crippen molar-refractivity contribution in [3.05, 3.63) is 66.1 Å². The SMILES string of the molecule is c1cnnc(CNCc2ccc3ncccc3c2)c1. The van der Waals surface area contributed by atoms with Crippen LogP contribution in [-0.2, 0) is 13.1 Å². The van der Waals surface area contributed by atoms with Crippen LogP contribution in [0, 0.1) is 0 Å². The molecule has 0 atom stereocenters. The van der Waals surface area contributed by atoms with Gasteiger partial charge in [-0.2, -0.15) is 10.2 Å². The van der Waals surface area contributed by atoms with E-state index in [0.717, 1.165) is 24.3 Å². The van der Waals surface area contributed by atoms with E-state index in [0.29, 0.717) is 0 Å². The highest BCUT2D eigenvalue weighted by Crippen LogP contribution is 2.13. The van der Waals surface area contributed by atoms with Gasteiger partial charge in [0.25, 0.3) is 0 Å². The zero-order chi connectivity index (χ0) is 12.9. The van der Waals surface area contributed by atoms with E-state index in [4.69, 9.17) is 0 Å². The van der Waals surface area contributed by atoms with E-state index in [9.17, 15) is 0 Å². The van der Waals surface area contributed by atoms with E-state index in [1.807, 2.05) is 24.4 Å². The summed E-state index contributed by atoms with van der Waals surface area (Å²) in [6.07, 6.45) is 3.49. The second-order valence-corrected chi connectivity index (χ2v) is 4.35. The van der Waals surface area contributed by atoms with Gasteiger partial charge in [-0.1, -0.05) is 12.1 Å². The molecule has 0 fully saturated rings. The second-order valence-electron chi connectivity index (χ2n) is 4.35. The Hall–Kier alpha value is -2.33. The number of rotatable bonds is 4. The molecular weight excluding hydrogens is 236 g/mol. The second kappa shape index (κ2) is 5.54. The molecule has 0 bridgehead atoms. The maximum absolute atomic E-state index is 4.31. The average Bonchev–Trinajstić information content (AvgIpc) is 2.48. The minimum Gasteiger partial charge on any atom is -0.307 e. The smallest absolute Gasteiger partial charge is 0.0769 e. The molecule has 3 aromatic rings. The molecule has 0 saturated heterocycles. The molecule has 4 heteroatoms.